The maximum absolute atomic E-state index is 12.9. The fourth-order valence-electron chi connectivity index (χ4n) is 3.92. The lowest BCUT2D eigenvalue weighted by atomic mass is 9.83. The molecular weight excluding hydrogens is 373 g/mol. The zero-order valence-corrected chi connectivity index (χ0v) is 16.5. The van der Waals surface area contributed by atoms with Crippen LogP contribution in [0.5, 0.6) is 5.75 Å². The van der Waals surface area contributed by atoms with Gasteiger partial charge in [0.15, 0.2) is 5.75 Å². The molecule has 0 radical (unpaired) electrons. The van der Waals surface area contributed by atoms with Crippen LogP contribution in [0.25, 0.3) is 10.8 Å². The molecule has 0 saturated carbocycles. The quantitative estimate of drug-likeness (QED) is 0.628. The Hall–Kier alpha value is -2.22. The number of pyridine rings is 1. The van der Waals surface area contributed by atoms with Crippen LogP contribution < -0.4 is 10.3 Å². The van der Waals surface area contributed by atoms with E-state index in [2.05, 4.69) is 24.3 Å². The van der Waals surface area contributed by atoms with Crippen LogP contribution in [0.1, 0.15) is 23.6 Å². The molecule has 3 aromatic rings. The van der Waals surface area contributed by atoms with Crippen molar-refractivity contribution in [3.8, 4) is 5.75 Å². The summed E-state index contributed by atoms with van der Waals surface area (Å²) in [5, 5.41) is 21.5. The Morgan fingerprint density at radius 2 is 1.96 bits per heavy atom. The van der Waals surface area contributed by atoms with Crippen molar-refractivity contribution in [3.05, 3.63) is 70.0 Å². The summed E-state index contributed by atoms with van der Waals surface area (Å²) in [6.45, 7) is 0. The van der Waals surface area contributed by atoms with E-state index in [9.17, 15) is 4.79 Å². The average molecular weight is 395 g/mol. The number of aromatic nitrogens is 1. The van der Waals surface area contributed by atoms with Crippen LogP contribution >= 0.6 is 11.8 Å². The van der Waals surface area contributed by atoms with Crippen molar-refractivity contribution in [2.24, 2.45) is 0 Å². The number of rotatable bonds is 6. The Morgan fingerprint density at radius 3 is 2.75 bits per heavy atom. The normalized spacial score (nSPS) is 15.6. The van der Waals surface area contributed by atoms with Gasteiger partial charge in [-0.25, -0.2) is 0 Å². The second-order valence-corrected chi connectivity index (χ2v) is 8.06. The third-order valence-corrected chi connectivity index (χ3v) is 6.45. The molecule has 1 aliphatic heterocycles. The minimum Gasteiger partial charge on any atom is -0.494 e. The number of hydrogen-bond acceptors (Lipinski definition) is 5. The van der Waals surface area contributed by atoms with Gasteiger partial charge in [0.25, 0.3) is 5.56 Å². The highest BCUT2D eigenvalue weighted by molar-refractivity contribution is 7.99. The van der Waals surface area contributed by atoms with Crippen LogP contribution in [0, 0.1) is 0 Å². The van der Waals surface area contributed by atoms with Crippen molar-refractivity contribution in [2.75, 3.05) is 12.9 Å². The Balaban J connectivity index is 1.73. The molecule has 5 nitrogen and oxygen atoms in total. The Morgan fingerprint density at radius 1 is 1.18 bits per heavy atom. The Kier molecular flexibility index (Phi) is 5.48. The molecule has 0 aliphatic carbocycles. The molecule has 0 fully saturated rings. The molecule has 2 heterocycles. The molecule has 2 N–H and O–H groups in total. The molecule has 0 amide bonds. The van der Waals surface area contributed by atoms with E-state index in [0.717, 1.165) is 27.7 Å². The van der Waals surface area contributed by atoms with Gasteiger partial charge in [0, 0.05) is 29.8 Å². The standard InChI is InChI=1S/C21H22BNO4S/c1-27-20-16(11-15-7-4-6-14-5-2-3-8-18(14)15)12-19(24)23-17(9-10-22(25)26)13-28-21(20)23/h2-8,12,17,25-26H,9-11,13H2,1H3. The zero-order valence-electron chi connectivity index (χ0n) is 15.7. The molecule has 0 bridgehead atoms. The zero-order chi connectivity index (χ0) is 19.7. The number of thioether (sulfide) groups is 1. The average Bonchev–Trinajstić information content (AvgIpc) is 3.11. The molecule has 2 aromatic carbocycles. The van der Waals surface area contributed by atoms with E-state index in [-0.39, 0.29) is 17.9 Å². The van der Waals surface area contributed by atoms with E-state index < -0.39 is 7.12 Å². The molecule has 144 valence electrons. The lowest BCUT2D eigenvalue weighted by Crippen LogP contribution is -2.25. The van der Waals surface area contributed by atoms with Crippen LogP contribution in [0.15, 0.2) is 58.4 Å². The first-order valence-corrected chi connectivity index (χ1v) is 10.3. The minimum atomic E-state index is -1.35. The number of benzene rings is 2. The van der Waals surface area contributed by atoms with Crippen molar-refractivity contribution in [1.29, 1.82) is 0 Å². The third kappa shape index (κ3) is 3.57. The first-order chi connectivity index (χ1) is 13.6. The summed E-state index contributed by atoms with van der Waals surface area (Å²) >= 11 is 1.60. The molecule has 1 atom stereocenters. The monoisotopic (exact) mass is 395 g/mol. The van der Waals surface area contributed by atoms with E-state index in [1.54, 1.807) is 29.5 Å². The highest BCUT2D eigenvalue weighted by atomic mass is 32.2. The molecule has 1 unspecified atom stereocenters. The summed E-state index contributed by atoms with van der Waals surface area (Å²) in [7, 11) is 0.288. The first-order valence-electron chi connectivity index (χ1n) is 9.36. The summed E-state index contributed by atoms with van der Waals surface area (Å²) in [6.07, 6.45) is 1.41. The molecule has 4 rings (SSSR count). The fourth-order valence-corrected chi connectivity index (χ4v) is 5.31. The number of fused-ring (bicyclic) bond motifs is 2. The second-order valence-electron chi connectivity index (χ2n) is 7.05. The Labute approximate surface area is 168 Å². The number of nitrogens with zero attached hydrogens (tertiary/aromatic N) is 1. The molecule has 0 spiro atoms. The number of ether oxygens (including phenoxy) is 1. The van der Waals surface area contributed by atoms with Gasteiger partial charge in [-0.3, -0.25) is 9.36 Å². The van der Waals surface area contributed by atoms with E-state index in [1.165, 1.54) is 10.8 Å². The summed E-state index contributed by atoms with van der Waals surface area (Å²) in [5.41, 5.74) is 1.97. The molecular formula is C21H22BNO4S. The van der Waals surface area contributed by atoms with Gasteiger partial charge in [0.05, 0.1) is 7.11 Å². The lowest BCUT2D eigenvalue weighted by Gasteiger charge is -2.17. The van der Waals surface area contributed by atoms with Crippen molar-refractivity contribution in [2.45, 2.75) is 30.2 Å². The topological polar surface area (TPSA) is 71.7 Å². The van der Waals surface area contributed by atoms with E-state index in [0.29, 0.717) is 12.8 Å². The van der Waals surface area contributed by atoms with Gasteiger partial charge in [-0.15, -0.1) is 11.8 Å². The van der Waals surface area contributed by atoms with Crippen molar-refractivity contribution in [1.82, 2.24) is 4.57 Å². The van der Waals surface area contributed by atoms with Gasteiger partial charge < -0.3 is 14.8 Å². The van der Waals surface area contributed by atoms with E-state index in [4.69, 9.17) is 14.8 Å². The van der Waals surface area contributed by atoms with Crippen molar-refractivity contribution in [3.63, 3.8) is 0 Å². The summed E-state index contributed by atoms with van der Waals surface area (Å²) in [5.74, 6) is 1.47. The van der Waals surface area contributed by atoms with Gasteiger partial charge in [0.1, 0.15) is 5.03 Å². The van der Waals surface area contributed by atoms with Crippen LogP contribution in [0.4, 0.5) is 0 Å². The molecule has 1 aliphatic rings. The summed E-state index contributed by atoms with van der Waals surface area (Å²) in [4.78, 5) is 12.9. The summed E-state index contributed by atoms with van der Waals surface area (Å²) < 4.78 is 7.47. The predicted octanol–water partition coefficient (Wildman–Crippen LogP) is 3.11. The maximum atomic E-state index is 12.9. The molecule has 1 aromatic heterocycles. The van der Waals surface area contributed by atoms with Crippen LogP contribution in [-0.4, -0.2) is 34.6 Å². The van der Waals surface area contributed by atoms with Crippen molar-refractivity contribution < 1.29 is 14.8 Å². The first kappa shape index (κ1) is 19.1. The molecule has 7 heteroatoms. The van der Waals surface area contributed by atoms with Gasteiger partial charge in [-0.05, 0) is 29.1 Å². The van der Waals surface area contributed by atoms with Gasteiger partial charge in [-0.1, -0.05) is 42.5 Å². The van der Waals surface area contributed by atoms with Gasteiger partial charge in [-0.2, -0.15) is 0 Å². The van der Waals surface area contributed by atoms with Crippen LogP contribution in [0.3, 0.4) is 0 Å². The largest absolute Gasteiger partial charge is 0.494 e. The van der Waals surface area contributed by atoms with Crippen LogP contribution in [-0.2, 0) is 6.42 Å². The van der Waals surface area contributed by atoms with Crippen molar-refractivity contribution >= 4 is 29.7 Å². The minimum absolute atomic E-state index is 0.0465. The van der Waals surface area contributed by atoms with E-state index >= 15 is 0 Å². The predicted molar refractivity (Wildman–Crippen MR) is 113 cm³/mol. The molecule has 28 heavy (non-hydrogen) atoms. The highest BCUT2D eigenvalue weighted by Crippen LogP contribution is 2.42. The lowest BCUT2D eigenvalue weighted by molar-refractivity contribution is 0.372. The maximum Gasteiger partial charge on any atom is 0.451 e. The fraction of sp³-hybridized carbons (Fsp3) is 0.286. The Bertz CT molecular complexity index is 1060. The third-order valence-electron chi connectivity index (χ3n) is 5.24. The van der Waals surface area contributed by atoms with Crippen LogP contribution in [0.2, 0.25) is 6.32 Å². The summed E-state index contributed by atoms with van der Waals surface area (Å²) in [6, 6.07) is 16.1. The van der Waals surface area contributed by atoms with E-state index in [1.807, 2.05) is 18.2 Å². The number of hydrogen-bond donors (Lipinski definition) is 2. The highest BCUT2D eigenvalue weighted by Gasteiger charge is 2.29. The second kappa shape index (κ2) is 8.03. The SMILES string of the molecule is COc1c(Cc2cccc3ccccc23)cc(=O)n2c1SCC2CCB(O)O. The number of methoxy groups -OCH3 is 1. The van der Waals surface area contributed by atoms with Gasteiger partial charge in [0.2, 0.25) is 0 Å². The molecule has 0 saturated heterocycles. The smallest absolute Gasteiger partial charge is 0.451 e. The van der Waals surface area contributed by atoms with Gasteiger partial charge >= 0.3 is 7.12 Å².